The second-order valence-electron chi connectivity index (χ2n) is 4.06. The van der Waals surface area contributed by atoms with Crippen LogP contribution < -0.4 is 10.1 Å². The summed E-state index contributed by atoms with van der Waals surface area (Å²) in [5.41, 5.74) is 0. The molecule has 0 aliphatic rings. The Morgan fingerprint density at radius 2 is 2.22 bits per heavy atom. The smallest absolute Gasteiger partial charge is 0.244 e. The van der Waals surface area contributed by atoms with E-state index in [1.54, 1.807) is 39.0 Å². The maximum atomic E-state index is 11.9. The minimum Gasteiger partial charge on any atom is -0.481 e. The van der Waals surface area contributed by atoms with Crippen LogP contribution in [0.5, 0.6) is 5.88 Å². The van der Waals surface area contributed by atoms with Crippen LogP contribution in [0, 0.1) is 6.92 Å². The summed E-state index contributed by atoms with van der Waals surface area (Å²) in [7, 11) is 3.32. The van der Waals surface area contributed by atoms with E-state index in [1.807, 2.05) is 6.92 Å². The largest absolute Gasteiger partial charge is 0.481 e. The number of amides is 1. The molecule has 1 unspecified atom stereocenters. The van der Waals surface area contributed by atoms with Gasteiger partial charge in [0.2, 0.25) is 11.8 Å². The van der Waals surface area contributed by atoms with Gasteiger partial charge < -0.3 is 15.0 Å². The fourth-order valence-electron chi connectivity index (χ4n) is 1.49. The van der Waals surface area contributed by atoms with Crippen LogP contribution in [0.25, 0.3) is 0 Å². The number of ether oxygens (including phenoxy) is 1. The van der Waals surface area contributed by atoms with Gasteiger partial charge in [-0.3, -0.25) is 4.79 Å². The highest BCUT2D eigenvalue weighted by molar-refractivity contribution is 5.83. The van der Waals surface area contributed by atoms with E-state index in [0.29, 0.717) is 24.1 Å². The summed E-state index contributed by atoms with van der Waals surface area (Å²) in [5, 5.41) is 3.05. The number of hydrogen-bond acceptors (Lipinski definition) is 5. The zero-order valence-electron chi connectivity index (χ0n) is 11.5. The first kappa shape index (κ1) is 14.2. The molecule has 0 aliphatic heterocycles. The lowest BCUT2D eigenvalue weighted by atomic mass is 10.3. The third-order valence-electron chi connectivity index (χ3n) is 2.61. The number of rotatable bonds is 5. The quantitative estimate of drug-likeness (QED) is 0.849. The lowest BCUT2D eigenvalue weighted by Crippen LogP contribution is -2.39. The molecule has 0 aromatic carbocycles. The Labute approximate surface area is 107 Å². The maximum absolute atomic E-state index is 11.9. The first-order valence-corrected chi connectivity index (χ1v) is 5.89. The van der Waals surface area contributed by atoms with Gasteiger partial charge in [0.15, 0.2) is 0 Å². The highest BCUT2D eigenvalue weighted by atomic mass is 16.5. The van der Waals surface area contributed by atoms with Crippen molar-refractivity contribution in [2.45, 2.75) is 26.8 Å². The van der Waals surface area contributed by atoms with Crippen LogP contribution in [0.4, 0.5) is 5.82 Å². The molecule has 0 fully saturated rings. The number of hydrogen-bond donors (Lipinski definition) is 1. The van der Waals surface area contributed by atoms with Gasteiger partial charge in [-0.25, -0.2) is 4.98 Å². The molecule has 1 N–H and O–H groups in total. The summed E-state index contributed by atoms with van der Waals surface area (Å²) in [6, 6.07) is 1.33. The molecule has 0 bridgehead atoms. The third-order valence-corrected chi connectivity index (χ3v) is 2.61. The zero-order valence-corrected chi connectivity index (χ0v) is 11.5. The van der Waals surface area contributed by atoms with Crippen molar-refractivity contribution >= 4 is 11.7 Å². The SMILES string of the molecule is CCN(C)C(=O)C(C)Nc1cc(OC)nc(C)n1. The summed E-state index contributed by atoms with van der Waals surface area (Å²) < 4.78 is 5.06. The number of carbonyl (C=O) groups excluding carboxylic acids is 1. The van der Waals surface area contributed by atoms with Crippen molar-refractivity contribution in [1.82, 2.24) is 14.9 Å². The van der Waals surface area contributed by atoms with Gasteiger partial charge in [0.25, 0.3) is 0 Å². The summed E-state index contributed by atoms with van der Waals surface area (Å²) >= 11 is 0. The van der Waals surface area contributed by atoms with Gasteiger partial charge in [-0.2, -0.15) is 4.98 Å². The van der Waals surface area contributed by atoms with Crippen LogP contribution in [0.2, 0.25) is 0 Å². The van der Waals surface area contributed by atoms with E-state index >= 15 is 0 Å². The number of nitrogens with one attached hydrogen (secondary N) is 1. The Hall–Kier alpha value is -1.85. The van der Waals surface area contributed by atoms with E-state index in [4.69, 9.17) is 4.74 Å². The molecular formula is C12H20N4O2. The molecule has 0 saturated heterocycles. The summed E-state index contributed by atoms with van der Waals surface area (Å²) in [6.07, 6.45) is 0. The van der Waals surface area contributed by atoms with Crippen molar-refractivity contribution in [3.05, 3.63) is 11.9 Å². The topological polar surface area (TPSA) is 67.4 Å². The average molecular weight is 252 g/mol. The molecule has 0 aliphatic carbocycles. The molecule has 6 nitrogen and oxygen atoms in total. The van der Waals surface area contributed by atoms with E-state index < -0.39 is 0 Å². The van der Waals surface area contributed by atoms with Crippen molar-refractivity contribution < 1.29 is 9.53 Å². The Morgan fingerprint density at radius 3 is 2.78 bits per heavy atom. The fraction of sp³-hybridized carbons (Fsp3) is 0.583. The van der Waals surface area contributed by atoms with Crippen molar-refractivity contribution in [3.8, 4) is 5.88 Å². The number of methoxy groups -OCH3 is 1. The summed E-state index contributed by atoms with van der Waals surface area (Å²) in [4.78, 5) is 21.9. The fourth-order valence-corrected chi connectivity index (χ4v) is 1.49. The molecule has 0 radical (unpaired) electrons. The van der Waals surface area contributed by atoms with Crippen LogP contribution >= 0.6 is 0 Å². The molecular weight excluding hydrogens is 232 g/mol. The molecule has 6 heteroatoms. The average Bonchev–Trinajstić information content (AvgIpc) is 2.35. The molecule has 1 aromatic rings. The van der Waals surface area contributed by atoms with Crippen LogP contribution in [0.1, 0.15) is 19.7 Å². The maximum Gasteiger partial charge on any atom is 0.244 e. The minimum absolute atomic E-state index is 0.0210. The molecule has 100 valence electrons. The van der Waals surface area contributed by atoms with Gasteiger partial charge in [-0.1, -0.05) is 0 Å². The van der Waals surface area contributed by atoms with Gasteiger partial charge in [0, 0.05) is 19.7 Å². The molecule has 0 saturated carbocycles. The zero-order chi connectivity index (χ0) is 13.7. The first-order valence-electron chi connectivity index (χ1n) is 5.89. The number of aryl methyl sites for hydroxylation is 1. The van der Waals surface area contributed by atoms with E-state index in [-0.39, 0.29) is 11.9 Å². The predicted octanol–water partition coefficient (Wildman–Crippen LogP) is 1.07. The van der Waals surface area contributed by atoms with Gasteiger partial charge in [0.1, 0.15) is 17.7 Å². The third kappa shape index (κ3) is 3.58. The highest BCUT2D eigenvalue weighted by Crippen LogP contribution is 2.13. The molecule has 1 rings (SSSR count). The molecule has 0 spiro atoms. The Kier molecular flexibility index (Phi) is 4.88. The monoisotopic (exact) mass is 252 g/mol. The Morgan fingerprint density at radius 1 is 1.56 bits per heavy atom. The number of anilines is 1. The van der Waals surface area contributed by atoms with Crippen LogP contribution in [0.15, 0.2) is 6.07 Å². The van der Waals surface area contributed by atoms with Crippen LogP contribution in [-0.2, 0) is 4.79 Å². The van der Waals surface area contributed by atoms with Crippen molar-refractivity contribution in [1.29, 1.82) is 0 Å². The van der Waals surface area contributed by atoms with E-state index in [2.05, 4.69) is 15.3 Å². The van der Waals surface area contributed by atoms with Gasteiger partial charge >= 0.3 is 0 Å². The van der Waals surface area contributed by atoms with E-state index in [9.17, 15) is 4.79 Å². The highest BCUT2D eigenvalue weighted by Gasteiger charge is 2.17. The Bertz CT molecular complexity index is 423. The molecule has 1 heterocycles. The second kappa shape index (κ2) is 6.18. The van der Waals surface area contributed by atoms with E-state index in [0.717, 1.165) is 0 Å². The van der Waals surface area contributed by atoms with Gasteiger partial charge in [0.05, 0.1) is 7.11 Å². The van der Waals surface area contributed by atoms with Crippen LogP contribution in [0.3, 0.4) is 0 Å². The molecule has 1 atom stereocenters. The van der Waals surface area contributed by atoms with Crippen molar-refractivity contribution in [2.24, 2.45) is 0 Å². The second-order valence-corrected chi connectivity index (χ2v) is 4.06. The van der Waals surface area contributed by atoms with Crippen LogP contribution in [-0.4, -0.2) is 47.5 Å². The number of carbonyl (C=O) groups is 1. The van der Waals surface area contributed by atoms with Gasteiger partial charge in [-0.05, 0) is 20.8 Å². The van der Waals surface area contributed by atoms with Gasteiger partial charge in [-0.15, -0.1) is 0 Å². The summed E-state index contributed by atoms with van der Waals surface area (Å²) in [6.45, 7) is 6.19. The standard InChI is InChI=1S/C12H20N4O2/c1-6-16(4)12(17)8(2)13-10-7-11(18-5)15-9(3)14-10/h7-8H,6H2,1-5H3,(H,13,14,15). The van der Waals surface area contributed by atoms with Crippen molar-refractivity contribution in [3.63, 3.8) is 0 Å². The normalized spacial score (nSPS) is 11.8. The lowest BCUT2D eigenvalue weighted by molar-refractivity contribution is -0.130. The lowest BCUT2D eigenvalue weighted by Gasteiger charge is -2.21. The molecule has 1 amide bonds. The predicted molar refractivity (Wildman–Crippen MR) is 69.7 cm³/mol. The molecule has 1 aromatic heterocycles. The number of aromatic nitrogens is 2. The molecule has 18 heavy (non-hydrogen) atoms. The Balaban J connectivity index is 2.78. The number of nitrogens with zero attached hydrogens (tertiary/aromatic N) is 3. The minimum atomic E-state index is -0.339. The number of likely N-dealkylation sites (N-methyl/N-ethyl adjacent to an activating group) is 1. The summed E-state index contributed by atoms with van der Waals surface area (Å²) in [5.74, 6) is 1.69. The van der Waals surface area contributed by atoms with Crippen molar-refractivity contribution in [2.75, 3.05) is 26.0 Å². The van der Waals surface area contributed by atoms with E-state index in [1.165, 1.54) is 0 Å². The first-order chi connectivity index (χ1) is 8.47.